The Bertz CT molecular complexity index is 2160. The van der Waals surface area contributed by atoms with Gasteiger partial charge in [0.25, 0.3) is 0 Å². The summed E-state index contributed by atoms with van der Waals surface area (Å²) in [5.41, 5.74) is 4.12. The van der Waals surface area contributed by atoms with E-state index in [1.807, 2.05) is 17.0 Å². The molecular weight excluding hydrogens is 701 g/mol. The van der Waals surface area contributed by atoms with Crippen molar-refractivity contribution < 1.29 is 28.2 Å². The normalized spacial score (nSPS) is 21.0. The molecule has 7 heterocycles. The Labute approximate surface area is 311 Å². The van der Waals surface area contributed by atoms with E-state index in [0.29, 0.717) is 75.9 Å². The second-order valence-electron chi connectivity index (χ2n) is 15.1. The van der Waals surface area contributed by atoms with Gasteiger partial charge in [-0.1, -0.05) is 41.9 Å². The summed E-state index contributed by atoms with van der Waals surface area (Å²) >= 11 is 7.03. The van der Waals surface area contributed by atoms with Gasteiger partial charge in [-0.3, -0.25) is 24.4 Å². The van der Waals surface area contributed by atoms with Gasteiger partial charge in [0, 0.05) is 92.9 Å². The fourth-order valence-electron chi connectivity index (χ4n) is 8.82. The predicted molar refractivity (Wildman–Crippen MR) is 194 cm³/mol. The number of rotatable bonds is 8. The van der Waals surface area contributed by atoms with Crippen LogP contribution in [0.2, 0.25) is 5.02 Å². The summed E-state index contributed by atoms with van der Waals surface area (Å²) in [7, 11) is 3.12. The van der Waals surface area contributed by atoms with E-state index in [4.69, 9.17) is 40.8 Å². The van der Waals surface area contributed by atoms with Crippen LogP contribution in [0.4, 0.5) is 4.39 Å². The molecule has 2 aromatic heterocycles. The first-order valence-electron chi connectivity index (χ1n) is 17.8. The molecular formula is C39H39ClFN7O5. The summed E-state index contributed by atoms with van der Waals surface area (Å²) in [6.45, 7) is 7.46. The lowest BCUT2D eigenvalue weighted by Gasteiger charge is -2.60. The fourth-order valence-corrected chi connectivity index (χ4v) is 9.14. The summed E-state index contributed by atoms with van der Waals surface area (Å²) in [5, 5.41) is 3.46. The number of hydrogen-bond donors (Lipinski definition) is 1. The van der Waals surface area contributed by atoms with E-state index in [0.717, 1.165) is 51.3 Å². The topological polar surface area (TPSA) is 122 Å². The molecule has 274 valence electrons. The molecule has 2 aromatic carbocycles. The van der Waals surface area contributed by atoms with Crippen LogP contribution >= 0.6 is 11.6 Å². The minimum Gasteiger partial charge on any atom is -0.491 e. The van der Waals surface area contributed by atoms with Crippen LogP contribution in [-0.4, -0.2) is 107 Å². The van der Waals surface area contributed by atoms with Crippen molar-refractivity contribution in [3.63, 3.8) is 0 Å². The Hall–Kier alpha value is -4.85. The molecule has 1 unspecified atom stereocenters. The maximum atomic E-state index is 16.6. The Morgan fingerprint density at radius 2 is 1.68 bits per heavy atom. The lowest BCUT2D eigenvalue weighted by atomic mass is 9.73. The summed E-state index contributed by atoms with van der Waals surface area (Å²) in [6, 6.07) is 12.2. The number of amides is 2. The Kier molecular flexibility index (Phi) is 8.09. The van der Waals surface area contributed by atoms with Gasteiger partial charge in [0.1, 0.15) is 23.9 Å². The van der Waals surface area contributed by atoms with Crippen LogP contribution in [0.25, 0.3) is 33.6 Å². The minimum absolute atomic E-state index is 0.0756. The number of hydrogen-bond acceptors (Lipinski definition) is 10. The van der Waals surface area contributed by atoms with Gasteiger partial charge in [-0.25, -0.2) is 14.4 Å². The summed E-state index contributed by atoms with van der Waals surface area (Å²) in [5.74, 6) is 1.12. The third kappa shape index (κ3) is 5.67. The summed E-state index contributed by atoms with van der Waals surface area (Å²) in [4.78, 5) is 44.2. The second-order valence-corrected chi connectivity index (χ2v) is 15.4. The lowest BCUT2D eigenvalue weighted by Crippen LogP contribution is -2.72. The molecule has 0 radical (unpaired) electrons. The van der Waals surface area contributed by atoms with Gasteiger partial charge in [0.05, 0.1) is 54.0 Å². The van der Waals surface area contributed by atoms with Crippen molar-refractivity contribution >= 4 is 23.4 Å². The first kappa shape index (κ1) is 34.0. The van der Waals surface area contributed by atoms with E-state index in [2.05, 4.69) is 15.1 Å². The van der Waals surface area contributed by atoms with Crippen LogP contribution < -0.4 is 19.5 Å². The molecule has 4 aromatic rings. The summed E-state index contributed by atoms with van der Waals surface area (Å²) in [6.07, 6.45) is 3.06. The van der Waals surface area contributed by atoms with Gasteiger partial charge in [0.2, 0.25) is 23.6 Å². The van der Waals surface area contributed by atoms with Crippen LogP contribution in [0.15, 0.2) is 48.7 Å². The van der Waals surface area contributed by atoms with Gasteiger partial charge in [0.15, 0.2) is 0 Å². The Morgan fingerprint density at radius 1 is 0.981 bits per heavy atom. The highest BCUT2D eigenvalue weighted by molar-refractivity contribution is 6.36. The van der Waals surface area contributed by atoms with E-state index in [-0.39, 0.29) is 34.4 Å². The zero-order valence-corrected chi connectivity index (χ0v) is 30.5. The molecule has 0 saturated carbocycles. The second kappa shape index (κ2) is 12.6. The number of benzene rings is 2. The lowest BCUT2D eigenvalue weighted by molar-refractivity contribution is -0.157. The van der Waals surface area contributed by atoms with Gasteiger partial charge in [-0.15, -0.1) is 0 Å². The third-order valence-electron chi connectivity index (χ3n) is 11.4. The number of aromatic nitrogens is 3. The molecule has 0 bridgehead atoms. The Balaban J connectivity index is 0.956. The quantitative estimate of drug-likeness (QED) is 0.271. The smallest absolute Gasteiger partial charge is 0.237 e. The average Bonchev–Trinajstić information content (AvgIpc) is 3.71. The van der Waals surface area contributed by atoms with E-state index in [1.165, 1.54) is 0 Å². The number of carbonyl (C=O) groups excluding carboxylic acids is 2. The molecule has 5 aliphatic rings. The third-order valence-corrected chi connectivity index (χ3v) is 11.8. The molecule has 4 fully saturated rings. The van der Waals surface area contributed by atoms with E-state index >= 15 is 4.39 Å². The number of halogens is 2. The first-order valence-corrected chi connectivity index (χ1v) is 18.2. The maximum absolute atomic E-state index is 16.6. The van der Waals surface area contributed by atoms with Crippen molar-refractivity contribution in [2.45, 2.75) is 37.9 Å². The van der Waals surface area contributed by atoms with Gasteiger partial charge in [-0.2, -0.15) is 0 Å². The molecule has 1 atom stereocenters. The van der Waals surface area contributed by atoms with Crippen LogP contribution in [0, 0.1) is 11.2 Å². The van der Waals surface area contributed by atoms with E-state index in [9.17, 15) is 9.59 Å². The highest BCUT2D eigenvalue weighted by atomic mass is 35.5. The van der Waals surface area contributed by atoms with Crippen molar-refractivity contribution in [1.29, 1.82) is 0 Å². The molecule has 2 amide bonds. The number of fused-ring (bicyclic) bond motifs is 1. The standard InChI is InChI=1S/C39H39ClFN7O5/c1-22(49)47-18-38(19-47)16-46(17-38)14-29-36(51-2)44-28(13-42-29)25-8-4-6-23(34(25)40)24-7-5-9-26(35(24)41)27-12-31-33(37(43-27)52-3)30(15-53-31)48-20-39(21-48)11-10-32(50)45-39/h4-9,12-13,30H,10-11,14-21H2,1-3H3,(H,45,50). The molecule has 14 heteroatoms. The highest BCUT2D eigenvalue weighted by Crippen LogP contribution is 2.48. The monoisotopic (exact) mass is 739 g/mol. The van der Waals surface area contributed by atoms with Crippen molar-refractivity contribution in [2.24, 2.45) is 5.41 Å². The number of nitrogens with zero attached hydrogens (tertiary/aromatic N) is 6. The van der Waals surface area contributed by atoms with Crippen LogP contribution in [0.1, 0.15) is 37.1 Å². The molecule has 12 nitrogen and oxygen atoms in total. The number of ether oxygens (including phenoxy) is 3. The van der Waals surface area contributed by atoms with E-state index in [1.54, 1.807) is 57.7 Å². The SMILES string of the molecule is COc1nc(-c2cccc(-c3cccc(-c4cc5c(c(OC)n4)C(N4CC6(CCC(=O)N6)C4)CO5)c3F)c2Cl)cnc1CN1CC2(C1)CN(C(C)=O)C2. The fraction of sp³-hybridized carbons (Fsp3) is 0.410. The molecule has 1 N–H and O–H groups in total. The van der Waals surface area contributed by atoms with Crippen LogP contribution in [0.5, 0.6) is 17.5 Å². The van der Waals surface area contributed by atoms with Gasteiger partial charge in [-0.05, 0) is 12.5 Å². The van der Waals surface area contributed by atoms with Crippen LogP contribution in [-0.2, 0) is 16.1 Å². The zero-order valence-electron chi connectivity index (χ0n) is 29.7. The largest absolute Gasteiger partial charge is 0.491 e. The zero-order chi connectivity index (χ0) is 36.6. The van der Waals surface area contributed by atoms with E-state index < -0.39 is 5.82 Å². The van der Waals surface area contributed by atoms with Gasteiger partial charge < -0.3 is 24.4 Å². The minimum atomic E-state index is -0.485. The average molecular weight is 740 g/mol. The number of carbonyl (C=O) groups is 2. The number of pyridine rings is 1. The molecule has 9 rings (SSSR count). The summed E-state index contributed by atoms with van der Waals surface area (Å²) < 4.78 is 34.2. The van der Waals surface area contributed by atoms with Crippen molar-refractivity contribution in [3.8, 4) is 51.2 Å². The highest BCUT2D eigenvalue weighted by Gasteiger charge is 2.53. The van der Waals surface area contributed by atoms with Crippen molar-refractivity contribution in [3.05, 3.63) is 70.8 Å². The molecule has 0 aliphatic carbocycles. The Morgan fingerprint density at radius 3 is 2.38 bits per heavy atom. The molecule has 4 saturated heterocycles. The van der Waals surface area contributed by atoms with Crippen molar-refractivity contribution in [2.75, 3.05) is 60.1 Å². The number of nitrogens with one attached hydrogen (secondary N) is 1. The van der Waals surface area contributed by atoms with Crippen molar-refractivity contribution in [1.82, 2.24) is 35.0 Å². The number of likely N-dealkylation sites (tertiary alicyclic amines) is 3. The molecule has 5 aliphatic heterocycles. The molecule has 53 heavy (non-hydrogen) atoms. The van der Waals surface area contributed by atoms with Crippen LogP contribution in [0.3, 0.4) is 0 Å². The molecule has 2 spiro atoms. The maximum Gasteiger partial charge on any atom is 0.237 e. The predicted octanol–water partition coefficient (Wildman–Crippen LogP) is 4.74. The number of methoxy groups -OCH3 is 2. The van der Waals surface area contributed by atoms with Gasteiger partial charge >= 0.3 is 0 Å². The first-order chi connectivity index (χ1) is 25.6.